The molecule has 0 amide bonds. The van der Waals surface area contributed by atoms with E-state index in [9.17, 15) is 0 Å². The Kier molecular flexibility index (Phi) is 9.32. The summed E-state index contributed by atoms with van der Waals surface area (Å²) in [6, 6.07) is 47.7. The van der Waals surface area contributed by atoms with Crippen LogP contribution in [-0.2, 0) is 0 Å². The fourth-order valence-electron chi connectivity index (χ4n) is 7.93. The summed E-state index contributed by atoms with van der Waals surface area (Å²) in [7, 11) is -0.289. The van der Waals surface area contributed by atoms with Gasteiger partial charge in [-0.15, -0.1) is 0 Å². The summed E-state index contributed by atoms with van der Waals surface area (Å²) in [4.78, 5) is 0. The van der Waals surface area contributed by atoms with Crippen molar-refractivity contribution >= 4 is 80.9 Å². The molecule has 0 bridgehead atoms. The normalized spacial score (nSPS) is 16.7. The standard InChI is InChI=1S/C42H36Si.2Li.2H/c1-27-23-39-35(33-17-7-13-29-11-3-5-15-31(29)33)19-9-21-37(39)41(27)25-43-26-42-28(2)24-40-36(20-10-22-38(40)42)34-18-8-14-30-12-4-6-16-32(30)34;;;;/h3-24,41-42H,25-26,43H2,1-2H3;;;;. The van der Waals surface area contributed by atoms with Crippen LogP contribution >= 0.6 is 0 Å². The number of benzene rings is 6. The molecule has 0 radical (unpaired) electrons. The van der Waals surface area contributed by atoms with E-state index in [2.05, 4.69) is 147 Å². The number of hydrogen-bond donors (Lipinski definition) is 0. The van der Waals surface area contributed by atoms with Gasteiger partial charge in [0.2, 0.25) is 0 Å². The molecule has 0 saturated heterocycles. The van der Waals surface area contributed by atoms with Crippen molar-refractivity contribution in [1.29, 1.82) is 0 Å². The van der Waals surface area contributed by atoms with Gasteiger partial charge < -0.3 is 0 Å². The summed E-state index contributed by atoms with van der Waals surface area (Å²) in [5.41, 5.74) is 14.5. The Morgan fingerprint density at radius 1 is 0.444 bits per heavy atom. The van der Waals surface area contributed by atoms with Crippen molar-refractivity contribution in [3.63, 3.8) is 0 Å². The van der Waals surface area contributed by atoms with E-state index < -0.39 is 0 Å². The predicted molar refractivity (Wildman–Crippen MR) is 204 cm³/mol. The summed E-state index contributed by atoms with van der Waals surface area (Å²) in [5, 5.41) is 5.30. The van der Waals surface area contributed by atoms with Gasteiger partial charge >= 0.3 is 37.7 Å². The molecule has 0 aliphatic heterocycles. The number of allylic oxidation sites excluding steroid dienone is 2. The first-order valence-electron chi connectivity index (χ1n) is 15.8. The fraction of sp³-hybridized carbons (Fsp3) is 0.143. The van der Waals surface area contributed by atoms with E-state index in [-0.39, 0.29) is 47.2 Å². The monoisotopic (exact) mass is 584 g/mol. The molecule has 6 aromatic carbocycles. The van der Waals surface area contributed by atoms with E-state index >= 15 is 0 Å². The van der Waals surface area contributed by atoms with Gasteiger partial charge in [-0.05, 0) is 79.9 Å². The molecule has 0 nitrogen and oxygen atoms in total. The molecule has 2 unspecified atom stereocenters. The van der Waals surface area contributed by atoms with Crippen LogP contribution in [0.3, 0.4) is 0 Å². The van der Waals surface area contributed by atoms with Gasteiger partial charge in [0.25, 0.3) is 0 Å². The average molecular weight is 585 g/mol. The number of fused-ring (bicyclic) bond motifs is 4. The molecule has 0 heterocycles. The first-order valence-corrected chi connectivity index (χ1v) is 17.8. The molecule has 0 N–H and O–H groups in total. The molecule has 2 aliphatic rings. The zero-order valence-corrected chi connectivity index (χ0v) is 26.4. The van der Waals surface area contributed by atoms with Crippen molar-refractivity contribution in [1.82, 2.24) is 0 Å². The van der Waals surface area contributed by atoms with Crippen LogP contribution in [0.25, 0.3) is 56.0 Å². The molecular weight excluding hydrogens is 546 g/mol. The average Bonchev–Trinajstić information content (AvgIpc) is 3.55. The third-order valence-electron chi connectivity index (χ3n) is 10.0. The van der Waals surface area contributed by atoms with Crippen LogP contribution in [0.1, 0.15) is 47.9 Å². The van der Waals surface area contributed by atoms with Gasteiger partial charge in [0.05, 0.1) is 0 Å². The second-order valence-corrected chi connectivity index (χ2v) is 14.3. The quantitative estimate of drug-likeness (QED) is 0.171. The molecule has 0 spiro atoms. The van der Waals surface area contributed by atoms with Crippen LogP contribution in [0.4, 0.5) is 0 Å². The van der Waals surface area contributed by atoms with E-state index in [0.717, 1.165) is 0 Å². The summed E-state index contributed by atoms with van der Waals surface area (Å²) in [6.07, 6.45) is 4.97. The molecule has 45 heavy (non-hydrogen) atoms. The van der Waals surface area contributed by atoms with Gasteiger partial charge in [-0.1, -0.05) is 157 Å². The Balaban J connectivity index is 0.00000179. The van der Waals surface area contributed by atoms with Crippen molar-refractivity contribution in [3.8, 4) is 22.3 Å². The Bertz CT molecular complexity index is 1940. The van der Waals surface area contributed by atoms with Crippen LogP contribution in [-0.4, -0.2) is 47.2 Å². The molecule has 6 aromatic rings. The number of rotatable bonds is 6. The maximum absolute atomic E-state index is 2.48. The molecule has 212 valence electrons. The third kappa shape index (κ3) is 5.57. The van der Waals surface area contributed by atoms with Gasteiger partial charge in [0.1, 0.15) is 0 Å². The van der Waals surface area contributed by atoms with Crippen LogP contribution < -0.4 is 0 Å². The van der Waals surface area contributed by atoms with Gasteiger partial charge in [0, 0.05) is 21.4 Å². The second kappa shape index (κ2) is 13.2. The van der Waals surface area contributed by atoms with Gasteiger partial charge in [-0.2, -0.15) is 0 Å². The van der Waals surface area contributed by atoms with E-state index in [1.807, 2.05) is 0 Å². The predicted octanol–water partition coefficient (Wildman–Crippen LogP) is 9.74. The maximum atomic E-state index is 2.48. The van der Waals surface area contributed by atoms with Crippen LogP contribution in [0.5, 0.6) is 0 Å². The minimum absolute atomic E-state index is 0. The van der Waals surface area contributed by atoms with Gasteiger partial charge in [-0.25, -0.2) is 0 Å². The van der Waals surface area contributed by atoms with Crippen LogP contribution in [0, 0.1) is 0 Å². The molecule has 3 heteroatoms. The van der Waals surface area contributed by atoms with Gasteiger partial charge in [0.15, 0.2) is 0 Å². The van der Waals surface area contributed by atoms with E-state index in [1.54, 1.807) is 0 Å². The molecule has 8 rings (SSSR count). The molecule has 2 atom stereocenters. The minimum atomic E-state index is -0.289. The zero-order valence-electron chi connectivity index (χ0n) is 25.0. The Morgan fingerprint density at radius 2 is 0.822 bits per heavy atom. The molecule has 0 saturated carbocycles. The van der Waals surface area contributed by atoms with Crippen molar-refractivity contribution in [2.24, 2.45) is 0 Å². The summed E-state index contributed by atoms with van der Waals surface area (Å²) in [6.45, 7) is 4.72. The molecule has 2 aliphatic carbocycles. The Labute approximate surface area is 293 Å². The second-order valence-electron chi connectivity index (χ2n) is 12.5. The molecule has 0 fully saturated rings. The van der Waals surface area contributed by atoms with Crippen molar-refractivity contribution in [3.05, 3.63) is 155 Å². The van der Waals surface area contributed by atoms with Crippen molar-refractivity contribution < 1.29 is 0 Å². The number of hydrogen-bond acceptors (Lipinski definition) is 0. The first kappa shape index (κ1) is 31.7. The van der Waals surface area contributed by atoms with Crippen molar-refractivity contribution in [2.45, 2.75) is 37.8 Å². The van der Waals surface area contributed by atoms with E-state index in [0.29, 0.717) is 11.8 Å². The summed E-state index contributed by atoms with van der Waals surface area (Å²) >= 11 is 0. The van der Waals surface area contributed by atoms with Crippen LogP contribution in [0.2, 0.25) is 12.1 Å². The van der Waals surface area contributed by atoms with Crippen LogP contribution in [0.15, 0.2) is 132 Å². The Hall–Kier alpha value is -3.27. The Morgan fingerprint density at radius 3 is 1.29 bits per heavy atom. The van der Waals surface area contributed by atoms with Crippen molar-refractivity contribution in [2.75, 3.05) is 0 Å². The SMILES string of the molecule is CC1=Cc2c(-c3cccc4ccccc34)cccc2C1C[SiH2]CC1C(C)=Cc2c(-c3cccc4ccccc34)cccc21.[LiH].[LiH]. The van der Waals surface area contributed by atoms with E-state index in [1.165, 1.54) is 89.3 Å². The van der Waals surface area contributed by atoms with Gasteiger partial charge in [-0.3, -0.25) is 0 Å². The third-order valence-corrected chi connectivity index (χ3v) is 12.0. The molecular formula is C42H38Li2Si. The fourth-order valence-corrected chi connectivity index (χ4v) is 10.5. The van der Waals surface area contributed by atoms with E-state index in [4.69, 9.17) is 0 Å². The first-order chi connectivity index (χ1) is 21.2. The summed E-state index contributed by atoms with van der Waals surface area (Å²) in [5.74, 6) is 1.12. The summed E-state index contributed by atoms with van der Waals surface area (Å²) < 4.78 is 0. The topological polar surface area (TPSA) is 0 Å². The molecule has 0 aromatic heterocycles. The zero-order chi connectivity index (χ0) is 28.9.